The van der Waals surface area contributed by atoms with Crippen molar-refractivity contribution in [3.63, 3.8) is 0 Å². The molecule has 3 nitrogen and oxygen atoms in total. The first-order chi connectivity index (χ1) is 6.63. The summed E-state index contributed by atoms with van der Waals surface area (Å²) in [4.78, 5) is 0. The van der Waals surface area contributed by atoms with E-state index in [0.29, 0.717) is 5.02 Å². The fraction of sp³-hybridized carbons (Fsp3) is 0.333. The molecule has 0 aliphatic rings. The van der Waals surface area contributed by atoms with E-state index in [2.05, 4.69) is 5.32 Å². The molecule has 1 aromatic carbocycles. The minimum absolute atomic E-state index is 0.0923. The van der Waals surface area contributed by atoms with Crippen molar-refractivity contribution in [1.82, 2.24) is 0 Å². The molecule has 14 heavy (non-hydrogen) atoms. The van der Waals surface area contributed by atoms with Gasteiger partial charge < -0.3 is 15.5 Å². The van der Waals surface area contributed by atoms with Crippen LogP contribution >= 0.6 is 11.6 Å². The Labute approximate surface area is 86.1 Å². The van der Waals surface area contributed by atoms with E-state index in [1.54, 1.807) is 0 Å². The molecule has 1 aromatic rings. The molecule has 0 heterocycles. The van der Waals surface area contributed by atoms with Crippen molar-refractivity contribution in [2.45, 2.75) is 6.10 Å². The minimum atomic E-state index is -0.898. The van der Waals surface area contributed by atoms with Crippen molar-refractivity contribution in [2.75, 3.05) is 18.5 Å². The van der Waals surface area contributed by atoms with Gasteiger partial charge >= 0.3 is 0 Å². The van der Waals surface area contributed by atoms with Crippen LogP contribution in [0, 0.1) is 5.82 Å². The molecule has 0 aromatic heterocycles. The fourth-order valence-electron chi connectivity index (χ4n) is 0.925. The van der Waals surface area contributed by atoms with Gasteiger partial charge in [0.2, 0.25) is 0 Å². The fourth-order valence-corrected chi connectivity index (χ4v) is 1.08. The number of anilines is 1. The van der Waals surface area contributed by atoms with E-state index in [9.17, 15) is 4.39 Å². The molecule has 0 aliphatic carbocycles. The van der Waals surface area contributed by atoms with Crippen LogP contribution < -0.4 is 5.32 Å². The Balaban J connectivity index is 2.59. The summed E-state index contributed by atoms with van der Waals surface area (Å²) < 4.78 is 13.1. The van der Waals surface area contributed by atoms with Gasteiger partial charge in [-0.05, 0) is 18.2 Å². The van der Waals surface area contributed by atoms with Gasteiger partial charge in [-0.2, -0.15) is 0 Å². The molecule has 0 saturated heterocycles. The van der Waals surface area contributed by atoms with E-state index in [0.717, 1.165) is 0 Å². The van der Waals surface area contributed by atoms with Gasteiger partial charge in [0.05, 0.1) is 18.4 Å². The first-order valence-electron chi connectivity index (χ1n) is 4.11. The van der Waals surface area contributed by atoms with Gasteiger partial charge in [-0.25, -0.2) is 4.39 Å². The van der Waals surface area contributed by atoms with Crippen molar-refractivity contribution in [1.29, 1.82) is 0 Å². The topological polar surface area (TPSA) is 52.5 Å². The molecular weight excluding hydrogens is 209 g/mol. The number of rotatable bonds is 4. The van der Waals surface area contributed by atoms with Gasteiger partial charge in [-0.15, -0.1) is 0 Å². The van der Waals surface area contributed by atoms with Gasteiger partial charge in [0.1, 0.15) is 5.82 Å². The number of hydrogen-bond acceptors (Lipinski definition) is 3. The Bertz CT molecular complexity index is 309. The maximum atomic E-state index is 13.1. The zero-order valence-corrected chi connectivity index (χ0v) is 8.13. The lowest BCUT2D eigenvalue weighted by molar-refractivity contribution is 0.105. The number of nitrogens with one attached hydrogen (secondary N) is 1. The molecular formula is C9H11ClFNO2. The van der Waals surface area contributed by atoms with Crippen molar-refractivity contribution in [3.8, 4) is 0 Å². The Morgan fingerprint density at radius 2 is 2.21 bits per heavy atom. The van der Waals surface area contributed by atoms with Crippen LogP contribution in [-0.4, -0.2) is 29.5 Å². The van der Waals surface area contributed by atoms with Gasteiger partial charge in [0.15, 0.2) is 0 Å². The van der Waals surface area contributed by atoms with Crippen molar-refractivity contribution in [3.05, 3.63) is 29.0 Å². The van der Waals surface area contributed by atoms with Crippen LogP contribution in [0.1, 0.15) is 0 Å². The van der Waals surface area contributed by atoms with Gasteiger partial charge in [0, 0.05) is 11.6 Å². The molecule has 0 spiro atoms. The highest BCUT2D eigenvalue weighted by Crippen LogP contribution is 2.18. The number of hydrogen-bond donors (Lipinski definition) is 3. The maximum absolute atomic E-state index is 13.1. The highest BCUT2D eigenvalue weighted by Gasteiger charge is 2.05. The van der Waals surface area contributed by atoms with E-state index in [-0.39, 0.29) is 18.8 Å². The molecule has 0 radical (unpaired) electrons. The summed E-state index contributed by atoms with van der Waals surface area (Å²) in [5.41, 5.74) is 0.252. The first kappa shape index (κ1) is 11.2. The maximum Gasteiger partial charge on any atom is 0.147 e. The Hall–Kier alpha value is -0.840. The molecule has 0 saturated carbocycles. The van der Waals surface area contributed by atoms with Gasteiger partial charge in [0.25, 0.3) is 0 Å². The summed E-state index contributed by atoms with van der Waals surface area (Å²) in [6.45, 7) is -0.267. The Kier molecular flexibility index (Phi) is 4.13. The third kappa shape index (κ3) is 3.14. The summed E-state index contributed by atoms with van der Waals surface area (Å²) in [5.74, 6) is -0.484. The van der Waals surface area contributed by atoms with Gasteiger partial charge in [-0.1, -0.05) is 11.6 Å². The highest BCUT2D eigenvalue weighted by atomic mass is 35.5. The number of benzene rings is 1. The molecule has 5 heteroatoms. The standard InChI is InChI=1S/C9H11ClFNO2/c10-6-1-2-9(8(11)3-6)12-4-7(14)5-13/h1-3,7,12-14H,4-5H2. The number of halogens is 2. The Morgan fingerprint density at radius 3 is 2.79 bits per heavy atom. The average molecular weight is 220 g/mol. The molecule has 0 bridgehead atoms. The summed E-state index contributed by atoms with van der Waals surface area (Å²) >= 11 is 5.55. The monoisotopic (exact) mass is 219 g/mol. The van der Waals surface area contributed by atoms with E-state index in [1.807, 2.05) is 0 Å². The second-order valence-corrected chi connectivity index (χ2v) is 3.28. The van der Waals surface area contributed by atoms with Crippen LogP contribution in [0.15, 0.2) is 18.2 Å². The largest absolute Gasteiger partial charge is 0.394 e. The second kappa shape index (κ2) is 5.14. The van der Waals surface area contributed by atoms with Gasteiger partial charge in [-0.3, -0.25) is 0 Å². The lowest BCUT2D eigenvalue weighted by Crippen LogP contribution is -2.23. The smallest absolute Gasteiger partial charge is 0.147 e. The zero-order chi connectivity index (χ0) is 10.6. The molecule has 78 valence electrons. The quantitative estimate of drug-likeness (QED) is 0.714. The van der Waals surface area contributed by atoms with Crippen molar-refractivity contribution >= 4 is 17.3 Å². The van der Waals surface area contributed by atoms with E-state index in [4.69, 9.17) is 21.8 Å². The predicted octanol–water partition coefficient (Wildman–Crippen LogP) is 1.24. The molecule has 1 unspecified atom stereocenters. The van der Waals surface area contributed by atoms with Crippen LogP contribution in [-0.2, 0) is 0 Å². The van der Waals surface area contributed by atoms with Crippen molar-refractivity contribution in [2.24, 2.45) is 0 Å². The van der Waals surface area contributed by atoms with Crippen LogP contribution in [0.3, 0.4) is 0 Å². The van der Waals surface area contributed by atoms with Crippen molar-refractivity contribution < 1.29 is 14.6 Å². The third-order valence-electron chi connectivity index (χ3n) is 1.67. The molecule has 1 atom stereocenters. The van der Waals surface area contributed by atoms with E-state index < -0.39 is 11.9 Å². The SMILES string of the molecule is OCC(O)CNc1ccc(Cl)cc1F. The molecule has 1 rings (SSSR count). The lowest BCUT2D eigenvalue weighted by Gasteiger charge is -2.10. The van der Waals surface area contributed by atoms with Crippen LogP contribution in [0.4, 0.5) is 10.1 Å². The van der Waals surface area contributed by atoms with E-state index >= 15 is 0 Å². The molecule has 0 amide bonds. The number of aliphatic hydroxyl groups is 2. The molecule has 3 N–H and O–H groups in total. The van der Waals surface area contributed by atoms with Crippen LogP contribution in [0.25, 0.3) is 0 Å². The van der Waals surface area contributed by atoms with E-state index in [1.165, 1.54) is 18.2 Å². The summed E-state index contributed by atoms with van der Waals surface area (Å²) in [6, 6.07) is 4.19. The molecule has 0 fully saturated rings. The summed E-state index contributed by atoms with van der Waals surface area (Å²) in [5, 5.41) is 20.5. The normalized spacial score (nSPS) is 12.6. The average Bonchev–Trinajstić information content (AvgIpc) is 2.16. The number of aliphatic hydroxyl groups excluding tert-OH is 2. The summed E-state index contributed by atoms with van der Waals surface area (Å²) in [7, 11) is 0. The summed E-state index contributed by atoms with van der Waals surface area (Å²) in [6.07, 6.45) is -0.898. The van der Waals surface area contributed by atoms with Crippen LogP contribution in [0.5, 0.6) is 0 Å². The lowest BCUT2D eigenvalue weighted by atomic mass is 10.3. The zero-order valence-electron chi connectivity index (χ0n) is 7.37. The van der Waals surface area contributed by atoms with Crippen LogP contribution in [0.2, 0.25) is 5.02 Å². The second-order valence-electron chi connectivity index (χ2n) is 2.84. The minimum Gasteiger partial charge on any atom is -0.394 e. The molecule has 0 aliphatic heterocycles. The predicted molar refractivity (Wildman–Crippen MR) is 53.0 cm³/mol. The Morgan fingerprint density at radius 1 is 1.50 bits per heavy atom. The first-order valence-corrected chi connectivity index (χ1v) is 4.49. The third-order valence-corrected chi connectivity index (χ3v) is 1.91. The highest BCUT2D eigenvalue weighted by molar-refractivity contribution is 6.30.